The summed E-state index contributed by atoms with van der Waals surface area (Å²) in [5.74, 6) is 0. The molecule has 5 nitrogen and oxygen atoms in total. The molecule has 0 saturated carbocycles. The number of hydrogen-bond acceptors (Lipinski definition) is 5. The maximum absolute atomic E-state index is 5.51. The number of hydrogen-bond donors (Lipinski definition) is 3. The summed E-state index contributed by atoms with van der Waals surface area (Å²) in [4.78, 5) is 8.07. The van der Waals surface area contributed by atoms with Gasteiger partial charge in [-0.15, -0.1) is 28.3 Å². The lowest BCUT2D eigenvalue weighted by Crippen LogP contribution is -2.18. The molecule has 0 unspecified atom stereocenters. The highest BCUT2D eigenvalue weighted by molar-refractivity contribution is 8.93. The molecule has 0 aliphatic carbocycles. The first-order valence-corrected chi connectivity index (χ1v) is 5.54. The van der Waals surface area contributed by atoms with Crippen LogP contribution in [0.25, 0.3) is 11.3 Å². The van der Waals surface area contributed by atoms with Gasteiger partial charge >= 0.3 is 0 Å². The van der Waals surface area contributed by atoms with E-state index >= 15 is 0 Å². The highest BCUT2D eigenvalue weighted by Gasteiger charge is 1.99. The molecule has 0 aromatic carbocycles. The highest BCUT2D eigenvalue weighted by Crippen LogP contribution is 2.21. The molecule has 2 heterocycles. The average Bonchev–Trinajstić information content (AvgIpc) is 2.65. The van der Waals surface area contributed by atoms with Crippen molar-refractivity contribution in [2.24, 2.45) is 11.5 Å². The molecule has 0 aliphatic rings. The number of aromatic nitrogens is 2. The number of thiazole rings is 1. The third kappa shape index (κ3) is 6.15. The minimum Gasteiger partial charge on any atom is -0.377 e. The first-order valence-electron chi connectivity index (χ1n) is 4.26. The zero-order valence-electron chi connectivity index (χ0n) is 8.74. The van der Waals surface area contributed by atoms with Gasteiger partial charge in [0.05, 0.1) is 5.69 Å². The van der Waals surface area contributed by atoms with Crippen molar-refractivity contribution in [2.45, 2.75) is 0 Å². The summed E-state index contributed by atoms with van der Waals surface area (Å²) in [6.07, 6.45) is 3.48. The Morgan fingerprint density at radius 1 is 1.24 bits per heavy atom. The Kier molecular flexibility index (Phi) is 7.35. The predicted molar refractivity (Wildman–Crippen MR) is 81.1 cm³/mol. The summed E-state index contributed by atoms with van der Waals surface area (Å²) in [5, 5.41) is 2.53. The van der Waals surface area contributed by atoms with Gasteiger partial charge < -0.3 is 17.2 Å². The Balaban J connectivity index is 0.000000453. The van der Waals surface area contributed by atoms with Crippen LogP contribution in [0, 0.1) is 0 Å². The monoisotopic (exact) mass is 333 g/mol. The maximum Gasteiger partial charge on any atom is 0.180 e. The van der Waals surface area contributed by atoms with E-state index in [1.54, 1.807) is 12.4 Å². The highest BCUT2D eigenvalue weighted by atomic mass is 79.9. The van der Waals surface area contributed by atoms with Crippen molar-refractivity contribution in [3.8, 4) is 11.3 Å². The smallest absolute Gasteiger partial charge is 0.180 e. The molecule has 6 N–H and O–H groups in total. The lowest BCUT2D eigenvalue weighted by atomic mass is 10.2. The molecule has 2 aromatic rings. The molecule has 0 aliphatic heterocycles. The normalized spacial score (nSPS) is 8.47. The van der Waals surface area contributed by atoms with Gasteiger partial charge in [-0.2, -0.15) is 0 Å². The topological polar surface area (TPSA) is 104 Å². The van der Waals surface area contributed by atoms with Crippen LogP contribution in [0.1, 0.15) is 0 Å². The fraction of sp³-hybridized carbons (Fsp3) is 0. The minimum absolute atomic E-state index is 0. The molecule has 17 heavy (non-hydrogen) atoms. The van der Waals surface area contributed by atoms with Gasteiger partial charge in [-0.25, -0.2) is 4.98 Å². The zero-order valence-corrected chi connectivity index (χ0v) is 12.1. The van der Waals surface area contributed by atoms with Crippen molar-refractivity contribution in [3.63, 3.8) is 0 Å². The van der Waals surface area contributed by atoms with Crippen molar-refractivity contribution >= 4 is 50.8 Å². The number of pyridine rings is 1. The fourth-order valence-corrected chi connectivity index (χ4v) is 1.52. The van der Waals surface area contributed by atoms with Gasteiger partial charge in [-0.05, 0) is 24.4 Å². The zero-order chi connectivity index (χ0) is 12.0. The molecule has 0 bridgehead atoms. The van der Waals surface area contributed by atoms with Gasteiger partial charge in [0, 0.05) is 23.3 Å². The third-order valence-corrected chi connectivity index (χ3v) is 2.17. The lowest BCUT2D eigenvalue weighted by molar-refractivity contribution is 1.31. The van der Waals surface area contributed by atoms with Crippen LogP contribution in [-0.2, 0) is 0 Å². The van der Waals surface area contributed by atoms with Crippen LogP contribution in [0.15, 0.2) is 29.9 Å². The van der Waals surface area contributed by atoms with E-state index in [4.69, 9.17) is 5.73 Å². The number of rotatable bonds is 1. The molecule has 0 spiro atoms. The van der Waals surface area contributed by atoms with E-state index in [-0.39, 0.29) is 22.1 Å². The Hall–Kier alpha value is -1.25. The summed E-state index contributed by atoms with van der Waals surface area (Å²) in [6.45, 7) is 0. The fourth-order valence-electron chi connectivity index (χ4n) is 0.943. The molecular weight excluding hydrogens is 322 g/mol. The van der Waals surface area contributed by atoms with Crippen LogP contribution in [0.4, 0.5) is 5.13 Å². The molecule has 92 valence electrons. The van der Waals surface area contributed by atoms with Gasteiger partial charge in [-0.1, -0.05) is 0 Å². The molecule has 2 aromatic heterocycles. The number of halogens is 1. The van der Waals surface area contributed by atoms with Crippen molar-refractivity contribution < 1.29 is 0 Å². The van der Waals surface area contributed by atoms with E-state index in [1.807, 2.05) is 17.5 Å². The standard InChI is InChI=1S/C8H7N3S.CH4N2S.BrH/c9-8-11-7(5-12-8)6-1-3-10-4-2-6;2-1(3)4;/h1-5H,(H2,9,11);(H4,2,3,4);1H. The van der Waals surface area contributed by atoms with Gasteiger partial charge in [0.2, 0.25) is 0 Å². The van der Waals surface area contributed by atoms with Crippen molar-refractivity contribution in [3.05, 3.63) is 29.9 Å². The van der Waals surface area contributed by atoms with Gasteiger partial charge in [0.25, 0.3) is 0 Å². The Labute approximate surface area is 119 Å². The Bertz CT molecular complexity index is 455. The van der Waals surface area contributed by atoms with E-state index in [9.17, 15) is 0 Å². The molecular formula is C9H12BrN5S2. The van der Waals surface area contributed by atoms with Crippen molar-refractivity contribution in [1.29, 1.82) is 0 Å². The van der Waals surface area contributed by atoms with E-state index in [0.717, 1.165) is 11.3 Å². The first kappa shape index (κ1) is 15.8. The van der Waals surface area contributed by atoms with Crippen LogP contribution in [-0.4, -0.2) is 15.1 Å². The van der Waals surface area contributed by atoms with Crippen LogP contribution >= 0.6 is 40.5 Å². The third-order valence-electron chi connectivity index (χ3n) is 1.50. The largest absolute Gasteiger partial charge is 0.377 e. The summed E-state index contributed by atoms with van der Waals surface area (Å²) in [6, 6.07) is 3.82. The van der Waals surface area contributed by atoms with E-state index in [0.29, 0.717) is 5.13 Å². The first-order chi connectivity index (χ1) is 7.59. The van der Waals surface area contributed by atoms with E-state index in [2.05, 4.69) is 33.7 Å². The molecule has 0 amide bonds. The number of nitrogen functional groups attached to an aromatic ring is 1. The molecule has 2 rings (SSSR count). The second-order valence-corrected chi connectivity index (χ2v) is 4.07. The van der Waals surface area contributed by atoms with E-state index < -0.39 is 0 Å². The van der Waals surface area contributed by atoms with Crippen LogP contribution in [0.2, 0.25) is 0 Å². The SMILES string of the molecule is Br.NC(N)=S.Nc1nc(-c2ccncc2)cs1. The van der Waals surface area contributed by atoms with Gasteiger partial charge in [0.1, 0.15) is 0 Å². The summed E-state index contributed by atoms with van der Waals surface area (Å²) in [5.41, 5.74) is 16.7. The van der Waals surface area contributed by atoms with Crippen LogP contribution < -0.4 is 17.2 Å². The Morgan fingerprint density at radius 3 is 2.18 bits per heavy atom. The van der Waals surface area contributed by atoms with Crippen molar-refractivity contribution in [2.75, 3.05) is 5.73 Å². The van der Waals surface area contributed by atoms with Crippen LogP contribution in [0.5, 0.6) is 0 Å². The maximum atomic E-state index is 5.51. The number of nitrogens with zero attached hydrogens (tertiary/aromatic N) is 2. The van der Waals surface area contributed by atoms with Gasteiger partial charge in [0.15, 0.2) is 10.2 Å². The molecule has 0 saturated heterocycles. The number of thiocarbonyl (C=S) groups is 1. The van der Waals surface area contributed by atoms with Crippen LogP contribution in [0.3, 0.4) is 0 Å². The Morgan fingerprint density at radius 2 is 1.76 bits per heavy atom. The molecule has 0 atom stereocenters. The van der Waals surface area contributed by atoms with Gasteiger partial charge in [-0.3, -0.25) is 4.98 Å². The molecule has 0 fully saturated rings. The second kappa shape index (κ2) is 7.93. The lowest BCUT2D eigenvalue weighted by Gasteiger charge is -1.92. The minimum atomic E-state index is 0. The molecule has 8 heteroatoms. The number of nitrogens with two attached hydrogens (primary N) is 3. The summed E-state index contributed by atoms with van der Waals surface area (Å²) in [7, 11) is 0. The molecule has 0 radical (unpaired) electrons. The quantitative estimate of drug-likeness (QED) is 0.684. The number of anilines is 1. The average molecular weight is 334 g/mol. The van der Waals surface area contributed by atoms with Crippen molar-refractivity contribution in [1.82, 2.24) is 9.97 Å². The predicted octanol–water partition coefficient (Wildman–Crippen LogP) is 1.55. The summed E-state index contributed by atoms with van der Waals surface area (Å²) >= 11 is 5.54. The second-order valence-electron chi connectivity index (χ2n) is 2.71. The van der Waals surface area contributed by atoms with E-state index in [1.165, 1.54) is 11.3 Å². The summed E-state index contributed by atoms with van der Waals surface area (Å²) < 4.78 is 0.